The number of nitro groups is 1. The number of rotatable bonds is 6. The molecule has 0 aliphatic rings. The summed E-state index contributed by atoms with van der Waals surface area (Å²) in [7, 11) is 2.05. The van der Waals surface area contributed by atoms with Crippen molar-refractivity contribution in [1.29, 1.82) is 0 Å². The molecule has 2 aromatic rings. The first-order valence-electron chi connectivity index (χ1n) is 6.58. The third-order valence-corrected chi connectivity index (χ3v) is 3.29. The average Bonchev–Trinajstić information content (AvgIpc) is 2.46. The molecule has 1 aromatic heterocycles. The van der Waals surface area contributed by atoms with E-state index < -0.39 is 4.92 Å². The number of aromatic nitrogens is 1. The highest BCUT2D eigenvalue weighted by atomic mass is 16.6. The monoisotopic (exact) mass is 274 g/mol. The van der Waals surface area contributed by atoms with E-state index in [1.54, 1.807) is 18.3 Å². The van der Waals surface area contributed by atoms with Crippen LogP contribution in [0.5, 0.6) is 0 Å². The number of likely N-dealkylation sites (N-methyl/N-ethyl adjacent to an activating group) is 1. The second-order valence-corrected chi connectivity index (χ2v) is 4.61. The Morgan fingerprint density at radius 2 is 2.20 bits per heavy atom. The van der Waals surface area contributed by atoms with Gasteiger partial charge in [0.15, 0.2) is 0 Å². The van der Waals surface area contributed by atoms with E-state index in [2.05, 4.69) is 29.2 Å². The second-order valence-electron chi connectivity index (χ2n) is 4.61. The van der Waals surface area contributed by atoms with Crippen molar-refractivity contribution in [2.45, 2.75) is 6.92 Å². The Balaban J connectivity index is 2.27. The van der Waals surface area contributed by atoms with Crippen LogP contribution in [0.15, 0.2) is 30.5 Å². The van der Waals surface area contributed by atoms with E-state index >= 15 is 0 Å². The van der Waals surface area contributed by atoms with Gasteiger partial charge in [-0.3, -0.25) is 10.1 Å². The molecule has 0 atom stereocenters. The van der Waals surface area contributed by atoms with Gasteiger partial charge in [0, 0.05) is 36.4 Å². The number of nitrogens with one attached hydrogen (secondary N) is 1. The molecule has 0 aliphatic carbocycles. The summed E-state index contributed by atoms with van der Waals surface area (Å²) in [6.45, 7) is 4.79. The van der Waals surface area contributed by atoms with Gasteiger partial charge in [-0.1, -0.05) is 6.92 Å². The van der Waals surface area contributed by atoms with E-state index in [4.69, 9.17) is 0 Å². The third kappa shape index (κ3) is 3.03. The summed E-state index contributed by atoms with van der Waals surface area (Å²) in [5, 5.41) is 15.1. The Morgan fingerprint density at radius 1 is 1.40 bits per heavy atom. The maximum Gasteiger partial charge on any atom is 0.295 e. The smallest absolute Gasteiger partial charge is 0.295 e. The maximum absolute atomic E-state index is 11.0. The molecule has 0 bridgehead atoms. The van der Waals surface area contributed by atoms with Crippen molar-refractivity contribution in [1.82, 2.24) is 9.88 Å². The van der Waals surface area contributed by atoms with E-state index in [9.17, 15) is 10.1 Å². The van der Waals surface area contributed by atoms with Crippen LogP contribution in [0.25, 0.3) is 10.9 Å². The van der Waals surface area contributed by atoms with Gasteiger partial charge in [0.25, 0.3) is 5.69 Å². The van der Waals surface area contributed by atoms with E-state index in [1.165, 1.54) is 6.07 Å². The van der Waals surface area contributed by atoms with Crippen LogP contribution < -0.4 is 5.32 Å². The van der Waals surface area contributed by atoms with Crippen LogP contribution in [0.2, 0.25) is 0 Å². The fourth-order valence-electron chi connectivity index (χ4n) is 2.00. The van der Waals surface area contributed by atoms with Crippen LogP contribution in [0.1, 0.15) is 6.92 Å². The van der Waals surface area contributed by atoms with E-state index in [0.29, 0.717) is 5.52 Å². The van der Waals surface area contributed by atoms with Crippen molar-refractivity contribution in [3.63, 3.8) is 0 Å². The number of pyridine rings is 1. The highest BCUT2D eigenvalue weighted by molar-refractivity contribution is 5.96. The minimum atomic E-state index is -0.399. The van der Waals surface area contributed by atoms with Crippen molar-refractivity contribution in [2.24, 2.45) is 0 Å². The topological polar surface area (TPSA) is 71.3 Å². The van der Waals surface area contributed by atoms with Crippen molar-refractivity contribution < 1.29 is 4.92 Å². The molecule has 0 radical (unpaired) electrons. The Morgan fingerprint density at radius 3 is 2.90 bits per heavy atom. The van der Waals surface area contributed by atoms with Crippen LogP contribution in [0, 0.1) is 10.1 Å². The molecule has 6 nitrogen and oxygen atoms in total. The molecular formula is C14H18N4O2. The lowest BCUT2D eigenvalue weighted by atomic mass is 10.1. The summed E-state index contributed by atoms with van der Waals surface area (Å²) >= 11 is 0. The van der Waals surface area contributed by atoms with Crippen molar-refractivity contribution >= 4 is 22.3 Å². The molecule has 0 saturated heterocycles. The fourth-order valence-corrected chi connectivity index (χ4v) is 2.00. The summed E-state index contributed by atoms with van der Waals surface area (Å²) in [4.78, 5) is 16.9. The number of benzene rings is 1. The van der Waals surface area contributed by atoms with Gasteiger partial charge in [-0.15, -0.1) is 0 Å². The van der Waals surface area contributed by atoms with Gasteiger partial charge in [0.2, 0.25) is 0 Å². The summed E-state index contributed by atoms with van der Waals surface area (Å²) < 4.78 is 0. The highest BCUT2D eigenvalue weighted by Crippen LogP contribution is 2.29. The summed E-state index contributed by atoms with van der Waals surface area (Å²) in [5.41, 5.74) is 1.34. The minimum absolute atomic E-state index is 0.0387. The highest BCUT2D eigenvalue weighted by Gasteiger charge is 2.14. The first-order valence-corrected chi connectivity index (χ1v) is 6.58. The average molecular weight is 274 g/mol. The molecule has 0 spiro atoms. The lowest BCUT2D eigenvalue weighted by Crippen LogP contribution is -2.24. The van der Waals surface area contributed by atoms with E-state index in [1.807, 2.05) is 6.07 Å². The van der Waals surface area contributed by atoms with Crippen LogP contribution in [0.3, 0.4) is 0 Å². The zero-order valence-electron chi connectivity index (χ0n) is 11.7. The first-order chi connectivity index (χ1) is 9.63. The van der Waals surface area contributed by atoms with E-state index in [-0.39, 0.29) is 5.69 Å². The van der Waals surface area contributed by atoms with Crippen LogP contribution in [0.4, 0.5) is 11.4 Å². The molecule has 20 heavy (non-hydrogen) atoms. The largest absolute Gasteiger partial charge is 0.383 e. The maximum atomic E-state index is 11.0. The third-order valence-electron chi connectivity index (χ3n) is 3.29. The first kappa shape index (κ1) is 14.2. The summed E-state index contributed by atoms with van der Waals surface area (Å²) in [5.74, 6) is 0. The number of hydrogen-bond acceptors (Lipinski definition) is 5. The molecule has 0 unspecified atom stereocenters. The molecule has 1 aromatic carbocycles. The van der Waals surface area contributed by atoms with Gasteiger partial charge in [0.1, 0.15) is 5.52 Å². The second kappa shape index (κ2) is 6.29. The van der Waals surface area contributed by atoms with Gasteiger partial charge in [0.05, 0.1) is 4.92 Å². The molecule has 0 saturated carbocycles. The molecule has 2 rings (SSSR count). The van der Waals surface area contributed by atoms with Crippen molar-refractivity contribution in [3.05, 3.63) is 40.6 Å². The SMILES string of the molecule is CCN(C)CCNc1ccc([N+](=O)[O-])c2ncccc12. The lowest BCUT2D eigenvalue weighted by Gasteiger charge is -2.15. The molecule has 106 valence electrons. The Labute approximate surface area is 117 Å². The number of hydrogen-bond donors (Lipinski definition) is 1. The summed E-state index contributed by atoms with van der Waals surface area (Å²) in [6, 6.07) is 6.88. The predicted octanol–water partition coefficient (Wildman–Crippen LogP) is 2.51. The lowest BCUT2D eigenvalue weighted by molar-refractivity contribution is -0.383. The van der Waals surface area contributed by atoms with Gasteiger partial charge in [-0.2, -0.15) is 0 Å². The normalized spacial score (nSPS) is 10.9. The molecule has 1 N–H and O–H groups in total. The summed E-state index contributed by atoms with van der Waals surface area (Å²) in [6.07, 6.45) is 1.57. The van der Waals surface area contributed by atoms with Crippen LogP contribution in [-0.2, 0) is 0 Å². The van der Waals surface area contributed by atoms with Gasteiger partial charge in [-0.05, 0) is 31.8 Å². The van der Waals surface area contributed by atoms with Crippen molar-refractivity contribution in [2.75, 3.05) is 32.0 Å². The number of fused-ring (bicyclic) bond motifs is 1. The molecule has 0 aliphatic heterocycles. The molecule has 0 amide bonds. The molecule has 1 heterocycles. The number of nitrogens with zero attached hydrogens (tertiary/aromatic N) is 3. The Hall–Kier alpha value is -2.21. The van der Waals surface area contributed by atoms with Crippen LogP contribution in [-0.4, -0.2) is 41.5 Å². The van der Waals surface area contributed by atoms with Gasteiger partial charge in [-0.25, -0.2) is 4.98 Å². The minimum Gasteiger partial charge on any atom is -0.383 e. The predicted molar refractivity (Wildman–Crippen MR) is 80.1 cm³/mol. The molecular weight excluding hydrogens is 256 g/mol. The van der Waals surface area contributed by atoms with E-state index in [0.717, 1.165) is 30.7 Å². The molecule has 6 heteroatoms. The Bertz CT molecular complexity index is 615. The standard InChI is InChI=1S/C14H18N4O2/c1-3-17(2)10-9-15-12-6-7-13(18(19)20)14-11(12)5-4-8-16-14/h4-8,15H,3,9-10H2,1-2H3. The van der Waals surface area contributed by atoms with Crippen molar-refractivity contribution in [3.8, 4) is 0 Å². The Kier molecular flexibility index (Phi) is 4.47. The number of nitro benzene ring substituents is 1. The van der Waals surface area contributed by atoms with Crippen LogP contribution >= 0.6 is 0 Å². The molecule has 0 fully saturated rings. The zero-order valence-corrected chi connectivity index (χ0v) is 11.7. The fraction of sp³-hybridized carbons (Fsp3) is 0.357. The quantitative estimate of drug-likeness (QED) is 0.647. The van der Waals surface area contributed by atoms with Gasteiger partial charge >= 0.3 is 0 Å². The number of anilines is 1. The van der Waals surface area contributed by atoms with Gasteiger partial charge < -0.3 is 10.2 Å². The zero-order chi connectivity index (χ0) is 14.5. The number of non-ortho nitro benzene ring substituents is 1.